The minimum atomic E-state index is 0.809. The van der Waals surface area contributed by atoms with Crippen LogP contribution in [-0.4, -0.2) is 17.1 Å². The van der Waals surface area contributed by atoms with Crippen molar-refractivity contribution < 1.29 is 0 Å². The van der Waals surface area contributed by atoms with E-state index in [2.05, 4.69) is 84.0 Å². The summed E-state index contributed by atoms with van der Waals surface area (Å²) in [6, 6.07) is 13.0. The van der Waals surface area contributed by atoms with Gasteiger partial charge in [-0.15, -0.1) is 0 Å². The van der Waals surface area contributed by atoms with E-state index in [4.69, 9.17) is 15.0 Å². The first-order valence-corrected chi connectivity index (χ1v) is 11.6. The van der Waals surface area contributed by atoms with E-state index in [1.54, 1.807) is 0 Å². The predicted molar refractivity (Wildman–Crippen MR) is 136 cm³/mol. The Morgan fingerprint density at radius 1 is 0.710 bits per heavy atom. The molecule has 0 amide bonds. The van der Waals surface area contributed by atoms with Gasteiger partial charge in [0.25, 0.3) is 0 Å². The fourth-order valence-electron chi connectivity index (χ4n) is 4.06. The molecule has 0 aromatic heterocycles. The lowest BCUT2D eigenvalue weighted by atomic mass is 10.0. The van der Waals surface area contributed by atoms with Gasteiger partial charge in [0.15, 0.2) is 0 Å². The summed E-state index contributed by atoms with van der Waals surface area (Å²) in [6.45, 7) is 12.9. The molecule has 1 heterocycles. The summed E-state index contributed by atoms with van der Waals surface area (Å²) >= 11 is 0. The molecule has 31 heavy (non-hydrogen) atoms. The van der Waals surface area contributed by atoms with Crippen molar-refractivity contribution in [1.29, 1.82) is 0 Å². The molecule has 0 atom stereocenters. The Morgan fingerprint density at radius 3 is 1.55 bits per heavy atom. The van der Waals surface area contributed by atoms with Crippen LogP contribution < -0.4 is 0 Å². The zero-order valence-corrected chi connectivity index (χ0v) is 19.9. The molecule has 0 radical (unpaired) electrons. The minimum Gasteiger partial charge on any atom is -0.251 e. The van der Waals surface area contributed by atoms with Crippen molar-refractivity contribution in [3.63, 3.8) is 0 Å². The second kappa shape index (κ2) is 10.5. The lowest BCUT2D eigenvalue weighted by Gasteiger charge is -2.10. The van der Waals surface area contributed by atoms with Gasteiger partial charge < -0.3 is 0 Å². The number of para-hydroxylation sites is 2. The van der Waals surface area contributed by atoms with Crippen LogP contribution in [0.25, 0.3) is 0 Å². The van der Waals surface area contributed by atoms with Crippen LogP contribution in [0, 0.1) is 0 Å². The first-order valence-electron chi connectivity index (χ1n) is 11.6. The molecule has 0 aliphatic carbocycles. The maximum absolute atomic E-state index is 5.03. The molecule has 0 saturated carbocycles. The quantitative estimate of drug-likeness (QED) is 0.401. The zero-order valence-electron chi connectivity index (χ0n) is 19.9. The second-order valence-corrected chi connectivity index (χ2v) is 8.01. The largest absolute Gasteiger partial charge is 0.251 e. The van der Waals surface area contributed by atoms with E-state index in [1.807, 2.05) is 0 Å². The standard InChI is InChI=1S/C28H35N3/c1-7-21-13-11-14-22(8-2)27(21)29-19(5)25-17-18-26(31-25)20(6)30-28-23(9-3)15-12-16-24(28)10-4/h11-17H,7-10,18H2,1-6H3/b29-19+,30-20+. The molecule has 2 aromatic carbocycles. The highest BCUT2D eigenvalue weighted by Gasteiger charge is 2.16. The Labute approximate surface area is 187 Å². The lowest BCUT2D eigenvalue weighted by molar-refractivity contribution is 1.08. The Kier molecular flexibility index (Phi) is 7.73. The Bertz CT molecular complexity index is 1020. The Morgan fingerprint density at radius 2 is 1.13 bits per heavy atom. The molecule has 2 aromatic rings. The maximum atomic E-state index is 5.03. The maximum Gasteiger partial charge on any atom is 0.0810 e. The van der Waals surface area contributed by atoms with Crippen molar-refractivity contribution in [2.75, 3.05) is 0 Å². The van der Waals surface area contributed by atoms with Crippen molar-refractivity contribution in [1.82, 2.24) is 0 Å². The van der Waals surface area contributed by atoms with E-state index in [0.29, 0.717) is 0 Å². The Balaban J connectivity index is 1.91. The molecule has 0 bridgehead atoms. The average molecular weight is 414 g/mol. The van der Waals surface area contributed by atoms with Crippen molar-refractivity contribution in [2.24, 2.45) is 15.0 Å². The zero-order chi connectivity index (χ0) is 22.4. The summed E-state index contributed by atoms with van der Waals surface area (Å²) in [5, 5.41) is 0. The predicted octanol–water partition coefficient (Wildman–Crippen LogP) is 7.55. The van der Waals surface area contributed by atoms with Crippen LogP contribution in [0.4, 0.5) is 11.4 Å². The smallest absolute Gasteiger partial charge is 0.0810 e. The van der Waals surface area contributed by atoms with Gasteiger partial charge in [0, 0.05) is 6.42 Å². The molecular formula is C28H35N3. The van der Waals surface area contributed by atoms with Gasteiger partial charge in [-0.1, -0.05) is 70.2 Å². The van der Waals surface area contributed by atoms with Crippen LogP contribution in [0.15, 0.2) is 63.1 Å². The van der Waals surface area contributed by atoms with Crippen LogP contribution in [0.3, 0.4) is 0 Å². The third-order valence-corrected chi connectivity index (χ3v) is 6.02. The number of nitrogens with zero attached hydrogens (tertiary/aromatic N) is 3. The average Bonchev–Trinajstić information content (AvgIpc) is 3.30. The third-order valence-electron chi connectivity index (χ3n) is 6.02. The topological polar surface area (TPSA) is 37.1 Å². The van der Waals surface area contributed by atoms with Crippen molar-refractivity contribution in [2.45, 2.75) is 73.6 Å². The van der Waals surface area contributed by atoms with Gasteiger partial charge in [-0.25, -0.2) is 4.99 Å². The second-order valence-electron chi connectivity index (χ2n) is 8.01. The number of allylic oxidation sites excluding steroid dienone is 2. The Hall–Kier alpha value is -2.81. The minimum absolute atomic E-state index is 0.809. The molecule has 0 spiro atoms. The first-order chi connectivity index (χ1) is 15.0. The van der Waals surface area contributed by atoms with Crippen molar-refractivity contribution >= 4 is 28.5 Å². The van der Waals surface area contributed by atoms with Gasteiger partial charge in [0.2, 0.25) is 0 Å². The summed E-state index contributed by atoms with van der Waals surface area (Å²) in [7, 11) is 0. The molecule has 1 aliphatic heterocycles. The highest BCUT2D eigenvalue weighted by Crippen LogP contribution is 2.29. The van der Waals surface area contributed by atoms with E-state index in [0.717, 1.165) is 66.3 Å². The number of rotatable bonds is 8. The van der Waals surface area contributed by atoms with Crippen LogP contribution in [-0.2, 0) is 25.7 Å². The summed E-state index contributed by atoms with van der Waals surface area (Å²) in [5.74, 6) is 0. The van der Waals surface area contributed by atoms with Crippen LogP contribution >= 0.6 is 0 Å². The van der Waals surface area contributed by atoms with E-state index < -0.39 is 0 Å². The summed E-state index contributed by atoms with van der Waals surface area (Å²) in [4.78, 5) is 15.0. The van der Waals surface area contributed by atoms with Gasteiger partial charge >= 0.3 is 0 Å². The van der Waals surface area contributed by atoms with Crippen LogP contribution in [0.2, 0.25) is 0 Å². The van der Waals surface area contributed by atoms with E-state index >= 15 is 0 Å². The summed E-state index contributed by atoms with van der Waals surface area (Å²) in [5.41, 5.74) is 11.4. The number of hydrogen-bond acceptors (Lipinski definition) is 3. The van der Waals surface area contributed by atoms with E-state index in [9.17, 15) is 0 Å². The fourth-order valence-corrected chi connectivity index (χ4v) is 4.06. The molecule has 3 heteroatoms. The number of aliphatic imine (C=N–C) groups is 3. The van der Waals surface area contributed by atoms with E-state index in [-0.39, 0.29) is 0 Å². The lowest BCUT2D eigenvalue weighted by Crippen LogP contribution is -2.07. The molecule has 0 saturated heterocycles. The molecule has 3 nitrogen and oxygen atoms in total. The van der Waals surface area contributed by atoms with E-state index in [1.165, 1.54) is 22.3 Å². The number of hydrogen-bond donors (Lipinski definition) is 0. The fraction of sp³-hybridized carbons (Fsp3) is 0.393. The molecule has 0 fully saturated rings. The molecule has 0 N–H and O–H groups in total. The third kappa shape index (κ3) is 5.10. The van der Waals surface area contributed by atoms with Gasteiger partial charge in [0.1, 0.15) is 0 Å². The molecular weight excluding hydrogens is 378 g/mol. The SMILES string of the molecule is CCc1cccc(CC)c1/N=C(\C)C1=CCC(/C(C)=N/c2c(CC)cccc2CC)=N1. The van der Waals surface area contributed by atoms with Crippen LogP contribution in [0.5, 0.6) is 0 Å². The first kappa shape index (κ1) is 22.9. The number of benzene rings is 2. The highest BCUT2D eigenvalue weighted by atomic mass is 14.9. The van der Waals surface area contributed by atoms with Gasteiger partial charge in [0.05, 0.1) is 34.2 Å². The summed E-state index contributed by atoms with van der Waals surface area (Å²) in [6.07, 6.45) is 6.92. The van der Waals surface area contributed by atoms with Gasteiger partial charge in [-0.05, 0) is 61.8 Å². The summed E-state index contributed by atoms with van der Waals surface area (Å²) < 4.78 is 0. The van der Waals surface area contributed by atoms with Crippen LogP contribution in [0.1, 0.15) is 70.2 Å². The monoisotopic (exact) mass is 413 g/mol. The molecule has 162 valence electrons. The van der Waals surface area contributed by atoms with Crippen molar-refractivity contribution in [3.05, 3.63) is 70.4 Å². The highest BCUT2D eigenvalue weighted by molar-refractivity contribution is 6.43. The van der Waals surface area contributed by atoms with Gasteiger partial charge in [-0.2, -0.15) is 0 Å². The molecule has 1 aliphatic rings. The molecule has 3 rings (SSSR count). The molecule has 0 unspecified atom stereocenters. The van der Waals surface area contributed by atoms with Crippen molar-refractivity contribution in [3.8, 4) is 0 Å². The number of aryl methyl sites for hydroxylation is 4. The normalized spacial score (nSPS) is 14.6. The van der Waals surface area contributed by atoms with Gasteiger partial charge in [-0.3, -0.25) is 9.98 Å².